The third kappa shape index (κ3) is 5.75. The van der Waals surface area contributed by atoms with E-state index >= 15 is 0 Å². The van der Waals surface area contributed by atoms with Crippen molar-refractivity contribution < 1.29 is 22.4 Å². The van der Waals surface area contributed by atoms with Crippen molar-refractivity contribution in [3.8, 4) is 16.9 Å². The third-order valence-electron chi connectivity index (χ3n) is 4.58. The van der Waals surface area contributed by atoms with Crippen LogP contribution in [-0.2, 0) is 11.0 Å². The zero-order chi connectivity index (χ0) is 24.3. The molecule has 0 saturated heterocycles. The van der Waals surface area contributed by atoms with Gasteiger partial charge in [0, 0.05) is 23.6 Å². The molecule has 0 unspecified atom stereocenters. The molecule has 0 aliphatic heterocycles. The summed E-state index contributed by atoms with van der Waals surface area (Å²) in [6.07, 6.45) is -1.07. The van der Waals surface area contributed by atoms with Crippen LogP contribution in [0.15, 0.2) is 78.2 Å². The van der Waals surface area contributed by atoms with Gasteiger partial charge in [0.05, 0.1) is 22.2 Å². The number of thioether (sulfide) groups is 1. The molecule has 0 aliphatic rings. The zero-order valence-electron chi connectivity index (χ0n) is 17.2. The quantitative estimate of drug-likeness (QED) is 0.185. The van der Waals surface area contributed by atoms with E-state index in [0.29, 0.717) is 10.7 Å². The molecule has 4 rings (SSSR count). The number of nitrogens with one attached hydrogen (secondary N) is 1. The number of nitrogens with zero attached hydrogens (tertiary/aromatic N) is 3. The second-order valence-electron chi connectivity index (χ2n) is 7.02. The van der Waals surface area contributed by atoms with Gasteiger partial charge in [0.1, 0.15) is 11.5 Å². The Labute approximate surface area is 200 Å². The van der Waals surface area contributed by atoms with Gasteiger partial charge in [-0.2, -0.15) is 13.2 Å². The minimum atomic E-state index is -4.71. The van der Waals surface area contributed by atoms with Gasteiger partial charge in [-0.15, -0.1) is 0 Å². The molecule has 0 atom stereocenters. The van der Waals surface area contributed by atoms with E-state index < -0.39 is 23.6 Å². The minimum Gasteiger partial charge on any atom is -0.325 e. The molecule has 0 spiro atoms. The van der Waals surface area contributed by atoms with E-state index in [1.807, 2.05) is 29.1 Å². The summed E-state index contributed by atoms with van der Waals surface area (Å²) in [5, 5.41) is 2.83. The zero-order valence-corrected chi connectivity index (χ0v) is 18.8. The number of aromatic nitrogens is 3. The number of benzene rings is 2. The van der Waals surface area contributed by atoms with Crippen LogP contribution in [0.5, 0.6) is 0 Å². The lowest BCUT2D eigenvalue weighted by atomic mass is 10.1. The SMILES string of the molecule is O=C(CSc1nc(-c2ccc(F)cc2)cc(C(F)(F)F)n1)Nc1ccc(-n2cccc2)c(Cl)c1. The normalized spacial score (nSPS) is 11.4. The molecular weight excluding hydrogens is 492 g/mol. The first-order valence-electron chi connectivity index (χ1n) is 9.77. The first kappa shape index (κ1) is 23.8. The monoisotopic (exact) mass is 506 g/mol. The molecule has 0 saturated carbocycles. The molecule has 4 aromatic rings. The van der Waals surface area contributed by atoms with Crippen LogP contribution in [0.2, 0.25) is 5.02 Å². The maximum Gasteiger partial charge on any atom is 0.433 e. The number of anilines is 1. The van der Waals surface area contributed by atoms with Crippen LogP contribution in [0.4, 0.5) is 23.2 Å². The summed E-state index contributed by atoms with van der Waals surface area (Å²) in [7, 11) is 0. The molecular formula is C23H15ClF4N4OS. The fourth-order valence-corrected chi connectivity index (χ4v) is 3.96. The molecule has 1 N–H and O–H groups in total. The van der Waals surface area contributed by atoms with Crippen molar-refractivity contribution in [2.75, 3.05) is 11.1 Å². The molecule has 2 aromatic carbocycles. The van der Waals surface area contributed by atoms with Gasteiger partial charge in [-0.1, -0.05) is 23.4 Å². The van der Waals surface area contributed by atoms with Gasteiger partial charge in [0.15, 0.2) is 5.16 Å². The van der Waals surface area contributed by atoms with Crippen LogP contribution in [0.25, 0.3) is 16.9 Å². The lowest BCUT2D eigenvalue weighted by Crippen LogP contribution is -2.15. The Balaban J connectivity index is 1.48. The van der Waals surface area contributed by atoms with Gasteiger partial charge < -0.3 is 9.88 Å². The number of hydrogen-bond donors (Lipinski definition) is 1. The first-order chi connectivity index (χ1) is 16.2. The summed E-state index contributed by atoms with van der Waals surface area (Å²) in [6, 6.07) is 14.3. The number of alkyl halides is 3. The van der Waals surface area contributed by atoms with Gasteiger partial charge in [-0.25, -0.2) is 14.4 Å². The fraction of sp³-hybridized carbons (Fsp3) is 0.0870. The number of hydrogen-bond acceptors (Lipinski definition) is 4. The highest BCUT2D eigenvalue weighted by molar-refractivity contribution is 7.99. The van der Waals surface area contributed by atoms with Crippen molar-refractivity contribution in [3.63, 3.8) is 0 Å². The van der Waals surface area contributed by atoms with Gasteiger partial charge in [0.25, 0.3) is 0 Å². The van der Waals surface area contributed by atoms with E-state index in [2.05, 4.69) is 15.3 Å². The summed E-state index contributed by atoms with van der Waals surface area (Å²) in [5.74, 6) is -1.23. The van der Waals surface area contributed by atoms with Gasteiger partial charge in [-0.3, -0.25) is 4.79 Å². The van der Waals surface area contributed by atoms with Crippen LogP contribution in [0.1, 0.15) is 5.69 Å². The Morgan fingerprint density at radius 2 is 1.74 bits per heavy atom. The molecule has 0 fully saturated rings. The number of halogens is 5. The Morgan fingerprint density at radius 3 is 2.38 bits per heavy atom. The van der Waals surface area contributed by atoms with Crippen LogP contribution in [-0.4, -0.2) is 26.2 Å². The van der Waals surface area contributed by atoms with E-state index in [0.717, 1.165) is 35.6 Å². The van der Waals surface area contributed by atoms with E-state index in [-0.39, 0.29) is 22.2 Å². The highest BCUT2D eigenvalue weighted by Gasteiger charge is 2.34. The van der Waals surface area contributed by atoms with Gasteiger partial charge in [-0.05, 0) is 60.7 Å². The molecule has 0 radical (unpaired) electrons. The van der Waals surface area contributed by atoms with Gasteiger partial charge in [0.2, 0.25) is 5.91 Å². The number of carbonyl (C=O) groups is 1. The Morgan fingerprint density at radius 1 is 1.03 bits per heavy atom. The number of rotatable bonds is 6. The number of amides is 1. The average molecular weight is 507 g/mol. The Hall–Kier alpha value is -3.37. The third-order valence-corrected chi connectivity index (χ3v) is 5.73. The molecule has 0 bridgehead atoms. The maximum absolute atomic E-state index is 13.3. The van der Waals surface area contributed by atoms with Gasteiger partial charge >= 0.3 is 6.18 Å². The Kier molecular flexibility index (Phi) is 6.90. The second kappa shape index (κ2) is 9.86. The standard InChI is InChI=1S/C23H15ClF4N4OS/c24-17-11-16(7-8-19(17)32-9-1-2-10-32)29-21(33)13-34-22-30-18(12-20(31-22)23(26,27)28)14-3-5-15(25)6-4-14/h1-12H,13H2,(H,29,33). The molecule has 11 heteroatoms. The van der Waals surface area contributed by atoms with Crippen LogP contribution < -0.4 is 5.32 Å². The molecule has 34 heavy (non-hydrogen) atoms. The molecule has 5 nitrogen and oxygen atoms in total. The summed E-state index contributed by atoms with van der Waals surface area (Å²) in [5.41, 5.74) is 0.265. The summed E-state index contributed by atoms with van der Waals surface area (Å²) in [4.78, 5) is 20.0. The summed E-state index contributed by atoms with van der Waals surface area (Å²) in [6.45, 7) is 0. The Bertz CT molecular complexity index is 1310. The lowest BCUT2D eigenvalue weighted by Gasteiger charge is -2.11. The van der Waals surface area contributed by atoms with Crippen molar-refractivity contribution in [2.45, 2.75) is 11.3 Å². The van der Waals surface area contributed by atoms with Crippen LogP contribution in [0, 0.1) is 5.82 Å². The molecule has 1 amide bonds. The van der Waals surface area contributed by atoms with Crippen molar-refractivity contribution in [3.05, 3.63) is 89.6 Å². The molecule has 174 valence electrons. The van der Waals surface area contributed by atoms with Crippen molar-refractivity contribution in [1.82, 2.24) is 14.5 Å². The summed E-state index contributed by atoms with van der Waals surface area (Å²) >= 11 is 7.05. The van der Waals surface area contributed by atoms with Crippen molar-refractivity contribution >= 4 is 35.0 Å². The highest BCUT2D eigenvalue weighted by atomic mass is 35.5. The molecule has 2 heterocycles. The second-order valence-corrected chi connectivity index (χ2v) is 8.37. The lowest BCUT2D eigenvalue weighted by molar-refractivity contribution is -0.141. The van der Waals surface area contributed by atoms with E-state index in [9.17, 15) is 22.4 Å². The topological polar surface area (TPSA) is 59.8 Å². The van der Waals surface area contributed by atoms with Crippen LogP contribution in [0.3, 0.4) is 0 Å². The predicted octanol–water partition coefficient (Wildman–Crippen LogP) is 6.48. The highest BCUT2D eigenvalue weighted by Crippen LogP contribution is 2.32. The predicted molar refractivity (Wildman–Crippen MR) is 123 cm³/mol. The molecule has 0 aliphatic carbocycles. The minimum absolute atomic E-state index is 0.0300. The fourth-order valence-electron chi connectivity index (χ4n) is 3.02. The summed E-state index contributed by atoms with van der Waals surface area (Å²) < 4.78 is 55.0. The molecule has 2 aromatic heterocycles. The largest absolute Gasteiger partial charge is 0.433 e. The smallest absolute Gasteiger partial charge is 0.325 e. The number of carbonyl (C=O) groups excluding carboxylic acids is 1. The van der Waals surface area contributed by atoms with E-state index in [1.54, 1.807) is 18.2 Å². The van der Waals surface area contributed by atoms with E-state index in [1.165, 1.54) is 12.1 Å². The average Bonchev–Trinajstić information content (AvgIpc) is 3.32. The van der Waals surface area contributed by atoms with Crippen molar-refractivity contribution in [2.24, 2.45) is 0 Å². The maximum atomic E-state index is 13.3. The van der Waals surface area contributed by atoms with Crippen molar-refractivity contribution in [1.29, 1.82) is 0 Å². The van der Waals surface area contributed by atoms with E-state index in [4.69, 9.17) is 11.6 Å². The van der Waals surface area contributed by atoms with Crippen LogP contribution >= 0.6 is 23.4 Å². The first-order valence-corrected chi connectivity index (χ1v) is 11.1.